The van der Waals surface area contributed by atoms with Crippen molar-refractivity contribution in [3.05, 3.63) is 41.2 Å². The van der Waals surface area contributed by atoms with Gasteiger partial charge in [-0.1, -0.05) is 35.5 Å². The van der Waals surface area contributed by atoms with Crippen molar-refractivity contribution in [3.8, 4) is 5.75 Å². The average molecular weight is 299 g/mol. The molecule has 0 aliphatic carbocycles. The van der Waals surface area contributed by atoms with Crippen LogP contribution in [-0.2, 0) is 13.7 Å². The maximum atomic E-state index is 9.07. The number of aliphatic hydroxyl groups excluding tert-OH is 1. The van der Waals surface area contributed by atoms with Crippen LogP contribution in [0.1, 0.15) is 5.69 Å². The number of para-hydroxylation sites is 1. The number of thioether (sulfide) groups is 1. The first-order valence-electron chi connectivity index (χ1n) is 5.84. The topological polar surface area (TPSA) is 47.3 Å². The van der Waals surface area contributed by atoms with Gasteiger partial charge in [-0.15, -0.1) is 0 Å². The zero-order valence-corrected chi connectivity index (χ0v) is 12.1. The largest absolute Gasteiger partial charge is 0.491 e. The van der Waals surface area contributed by atoms with Gasteiger partial charge in [-0.25, -0.2) is 4.98 Å². The minimum Gasteiger partial charge on any atom is -0.491 e. The monoisotopic (exact) mass is 298 g/mol. The summed E-state index contributed by atoms with van der Waals surface area (Å²) >= 11 is 7.57. The molecular weight excluding hydrogens is 284 g/mol. The maximum Gasteiger partial charge on any atom is 0.168 e. The Bertz CT molecular complexity index is 545. The third-order valence-electron chi connectivity index (χ3n) is 2.61. The number of aromatic nitrogens is 2. The minimum atomic E-state index is 0.000182. The van der Waals surface area contributed by atoms with Crippen molar-refractivity contribution in [2.45, 2.75) is 11.8 Å². The Morgan fingerprint density at radius 3 is 2.89 bits per heavy atom. The van der Waals surface area contributed by atoms with Gasteiger partial charge < -0.3 is 14.4 Å². The van der Waals surface area contributed by atoms with E-state index in [4.69, 9.17) is 21.4 Å². The summed E-state index contributed by atoms with van der Waals surface area (Å²) < 4.78 is 7.47. The van der Waals surface area contributed by atoms with Crippen LogP contribution in [0.2, 0.25) is 5.02 Å². The van der Waals surface area contributed by atoms with Gasteiger partial charge in [0.1, 0.15) is 5.75 Å². The van der Waals surface area contributed by atoms with Gasteiger partial charge in [0, 0.05) is 12.8 Å². The van der Waals surface area contributed by atoms with Crippen molar-refractivity contribution in [3.63, 3.8) is 0 Å². The molecule has 0 spiro atoms. The summed E-state index contributed by atoms with van der Waals surface area (Å²) in [5.74, 6) is 1.46. The van der Waals surface area contributed by atoms with Crippen molar-refractivity contribution in [1.82, 2.24) is 9.55 Å². The predicted octanol–water partition coefficient (Wildman–Crippen LogP) is 2.74. The van der Waals surface area contributed by atoms with E-state index in [-0.39, 0.29) is 6.61 Å². The van der Waals surface area contributed by atoms with E-state index in [0.29, 0.717) is 17.4 Å². The highest BCUT2D eigenvalue weighted by molar-refractivity contribution is 7.99. The quantitative estimate of drug-likeness (QED) is 0.658. The maximum absolute atomic E-state index is 9.07. The summed E-state index contributed by atoms with van der Waals surface area (Å²) in [6, 6.07) is 7.41. The molecule has 0 amide bonds. The van der Waals surface area contributed by atoms with E-state index in [1.54, 1.807) is 24.0 Å². The number of aliphatic hydroxyl groups is 1. The van der Waals surface area contributed by atoms with E-state index in [1.165, 1.54) is 0 Å². The molecule has 0 fully saturated rings. The molecule has 2 aromatic rings. The summed E-state index contributed by atoms with van der Waals surface area (Å²) in [5.41, 5.74) is 0.800. The van der Waals surface area contributed by atoms with Crippen molar-refractivity contribution in [1.29, 1.82) is 0 Å². The molecule has 102 valence electrons. The second-order valence-corrected chi connectivity index (χ2v) is 5.35. The number of ether oxygens (including phenoxy) is 1. The van der Waals surface area contributed by atoms with Gasteiger partial charge >= 0.3 is 0 Å². The molecule has 0 atom stereocenters. The van der Waals surface area contributed by atoms with Gasteiger partial charge in [0.25, 0.3) is 0 Å². The SMILES string of the molecule is Cn1c(CO)cnc1SCCOc1ccccc1Cl. The van der Waals surface area contributed by atoms with Gasteiger partial charge in [0.2, 0.25) is 0 Å². The Balaban J connectivity index is 1.81. The number of nitrogens with zero attached hydrogens (tertiary/aromatic N) is 2. The van der Waals surface area contributed by atoms with Crippen LogP contribution < -0.4 is 4.74 Å². The number of rotatable bonds is 6. The molecule has 4 nitrogen and oxygen atoms in total. The molecule has 0 unspecified atom stereocenters. The molecule has 0 bridgehead atoms. The summed E-state index contributed by atoms with van der Waals surface area (Å²) in [6.07, 6.45) is 1.68. The lowest BCUT2D eigenvalue weighted by molar-refractivity contribution is 0.271. The van der Waals surface area contributed by atoms with Crippen LogP contribution in [-0.4, -0.2) is 27.0 Å². The highest BCUT2D eigenvalue weighted by Gasteiger charge is 2.06. The molecule has 0 aliphatic heterocycles. The Hall–Kier alpha value is -1.17. The molecule has 6 heteroatoms. The van der Waals surface area contributed by atoms with Crippen LogP contribution in [0, 0.1) is 0 Å². The van der Waals surface area contributed by atoms with Gasteiger partial charge in [0.15, 0.2) is 5.16 Å². The van der Waals surface area contributed by atoms with Crippen molar-refractivity contribution >= 4 is 23.4 Å². The number of imidazole rings is 1. The normalized spacial score (nSPS) is 10.7. The number of hydrogen-bond acceptors (Lipinski definition) is 4. The zero-order chi connectivity index (χ0) is 13.7. The van der Waals surface area contributed by atoms with Gasteiger partial charge in [-0.2, -0.15) is 0 Å². The van der Waals surface area contributed by atoms with Crippen LogP contribution >= 0.6 is 23.4 Å². The van der Waals surface area contributed by atoms with E-state index in [2.05, 4.69) is 4.98 Å². The summed E-state index contributed by atoms with van der Waals surface area (Å²) in [7, 11) is 1.88. The molecule has 0 radical (unpaired) electrons. The van der Waals surface area contributed by atoms with E-state index in [9.17, 15) is 0 Å². The molecule has 0 aliphatic rings. The highest BCUT2D eigenvalue weighted by Crippen LogP contribution is 2.24. The van der Waals surface area contributed by atoms with Gasteiger partial charge in [0.05, 0.1) is 30.1 Å². The second-order valence-electron chi connectivity index (χ2n) is 3.88. The fourth-order valence-electron chi connectivity index (χ4n) is 1.55. The van der Waals surface area contributed by atoms with Gasteiger partial charge in [-0.3, -0.25) is 0 Å². The van der Waals surface area contributed by atoms with Crippen LogP contribution in [0.4, 0.5) is 0 Å². The highest BCUT2D eigenvalue weighted by atomic mass is 35.5. The summed E-state index contributed by atoms with van der Waals surface area (Å²) in [4.78, 5) is 4.23. The predicted molar refractivity (Wildman–Crippen MR) is 76.8 cm³/mol. The van der Waals surface area contributed by atoms with Crippen molar-refractivity contribution < 1.29 is 9.84 Å². The zero-order valence-electron chi connectivity index (χ0n) is 10.5. The Morgan fingerprint density at radius 1 is 1.42 bits per heavy atom. The molecule has 1 N–H and O–H groups in total. The second kappa shape index (κ2) is 6.84. The summed E-state index contributed by atoms with van der Waals surface area (Å²) in [6.45, 7) is 0.551. The Morgan fingerprint density at radius 2 is 2.21 bits per heavy atom. The molecule has 1 aromatic carbocycles. The third-order valence-corrected chi connectivity index (χ3v) is 3.93. The lowest BCUT2D eigenvalue weighted by atomic mass is 10.3. The smallest absolute Gasteiger partial charge is 0.168 e. The Kier molecular flexibility index (Phi) is 5.13. The van der Waals surface area contributed by atoms with Crippen LogP contribution in [0.5, 0.6) is 5.75 Å². The van der Waals surface area contributed by atoms with Crippen LogP contribution in [0.3, 0.4) is 0 Å². The van der Waals surface area contributed by atoms with E-state index in [1.807, 2.05) is 29.8 Å². The molecule has 1 heterocycles. The third kappa shape index (κ3) is 3.65. The molecule has 19 heavy (non-hydrogen) atoms. The number of hydrogen-bond donors (Lipinski definition) is 1. The molecule has 0 saturated carbocycles. The number of benzene rings is 1. The van der Waals surface area contributed by atoms with Crippen molar-refractivity contribution in [2.75, 3.05) is 12.4 Å². The minimum absolute atomic E-state index is 0.000182. The lowest BCUT2D eigenvalue weighted by Gasteiger charge is -2.07. The van der Waals surface area contributed by atoms with Crippen LogP contribution in [0.25, 0.3) is 0 Å². The first kappa shape index (κ1) is 14.2. The summed E-state index contributed by atoms with van der Waals surface area (Å²) in [5, 5.41) is 10.6. The van der Waals surface area contributed by atoms with Crippen molar-refractivity contribution in [2.24, 2.45) is 7.05 Å². The van der Waals surface area contributed by atoms with Crippen LogP contribution in [0.15, 0.2) is 35.6 Å². The Labute approximate surface area is 121 Å². The van der Waals surface area contributed by atoms with E-state index in [0.717, 1.165) is 16.6 Å². The lowest BCUT2D eigenvalue weighted by Crippen LogP contribution is -2.03. The molecule has 0 saturated heterocycles. The average Bonchev–Trinajstić information content (AvgIpc) is 2.77. The molecule has 1 aromatic heterocycles. The molecule has 2 rings (SSSR count). The van der Waals surface area contributed by atoms with E-state index < -0.39 is 0 Å². The fraction of sp³-hybridized carbons (Fsp3) is 0.308. The van der Waals surface area contributed by atoms with E-state index >= 15 is 0 Å². The standard InChI is InChI=1S/C13H15ClN2O2S/c1-16-10(9-17)8-15-13(16)19-7-6-18-12-5-3-2-4-11(12)14/h2-5,8,17H,6-7,9H2,1H3. The molecular formula is C13H15ClN2O2S. The first-order chi connectivity index (χ1) is 9.22. The van der Waals surface area contributed by atoms with Gasteiger partial charge in [-0.05, 0) is 12.1 Å². The fourth-order valence-corrected chi connectivity index (χ4v) is 2.53. The first-order valence-corrected chi connectivity index (χ1v) is 7.20. The number of halogens is 1.